The number of nitrogens with zero attached hydrogens (tertiary/aromatic N) is 4. The Kier molecular flexibility index (Phi) is 4.06. The van der Waals surface area contributed by atoms with Gasteiger partial charge >= 0.3 is 0 Å². The number of hydrogen-bond donors (Lipinski definition) is 2. The van der Waals surface area contributed by atoms with Crippen LogP contribution in [0, 0.1) is 15.9 Å². The van der Waals surface area contributed by atoms with E-state index in [1.165, 1.54) is 24.3 Å². The Balaban J connectivity index is 1.51. The SMILES string of the molecule is O=[N+]([O-])c1ccc(-c2nc(-c3ccc4[nH]nc(-c5ccc(F)cc5)c4c3)n[nH]2)cc1. The van der Waals surface area contributed by atoms with E-state index in [2.05, 4.69) is 25.4 Å². The average molecular weight is 400 g/mol. The first kappa shape index (κ1) is 17.7. The summed E-state index contributed by atoms with van der Waals surface area (Å²) in [5.74, 6) is 0.682. The Hall–Kier alpha value is -4.40. The number of rotatable bonds is 4. The number of aromatic nitrogens is 5. The first-order valence-corrected chi connectivity index (χ1v) is 9.00. The highest BCUT2D eigenvalue weighted by Gasteiger charge is 2.13. The molecular formula is C21H13FN6O2. The molecule has 3 aromatic carbocycles. The molecule has 0 spiro atoms. The third kappa shape index (κ3) is 3.08. The third-order valence-corrected chi connectivity index (χ3v) is 4.78. The number of H-pyrrole nitrogens is 2. The van der Waals surface area contributed by atoms with E-state index in [1.54, 1.807) is 24.3 Å². The topological polar surface area (TPSA) is 113 Å². The van der Waals surface area contributed by atoms with Crippen LogP contribution >= 0.6 is 0 Å². The lowest BCUT2D eigenvalue weighted by Crippen LogP contribution is -1.87. The normalized spacial score (nSPS) is 11.1. The van der Waals surface area contributed by atoms with Crippen molar-refractivity contribution in [2.75, 3.05) is 0 Å². The van der Waals surface area contributed by atoms with Gasteiger partial charge < -0.3 is 0 Å². The molecule has 0 atom stereocenters. The number of non-ortho nitro benzene ring substituents is 1. The first-order valence-electron chi connectivity index (χ1n) is 9.00. The van der Waals surface area contributed by atoms with Gasteiger partial charge in [0.2, 0.25) is 0 Å². The summed E-state index contributed by atoms with van der Waals surface area (Å²) in [4.78, 5) is 14.9. The molecule has 9 heteroatoms. The molecule has 30 heavy (non-hydrogen) atoms. The Morgan fingerprint density at radius 1 is 0.833 bits per heavy atom. The molecule has 2 aromatic heterocycles. The third-order valence-electron chi connectivity index (χ3n) is 4.78. The lowest BCUT2D eigenvalue weighted by molar-refractivity contribution is -0.384. The van der Waals surface area contributed by atoms with Crippen molar-refractivity contribution >= 4 is 16.6 Å². The van der Waals surface area contributed by atoms with E-state index in [1.807, 2.05) is 18.2 Å². The molecule has 2 heterocycles. The molecule has 0 aliphatic carbocycles. The number of halogens is 1. The summed E-state index contributed by atoms with van der Waals surface area (Å²) >= 11 is 0. The fourth-order valence-electron chi connectivity index (χ4n) is 3.24. The Morgan fingerprint density at radius 3 is 2.27 bits per heavy atom. The minimum Gasteiger partial charge on any atom is -0.277 e. The lowest BCUT2D eigenvalue weighted by Gasteiger charge is -2.00. The fraction of sp³-hybridized carbons (Fsp3) is 0. The van der Waals surface area contributed by atoms with Gasteiger partial charge in [0, 0.05) is 34.2 Å². The predicted octanol–water partition coefficient (Wildman–Crippen LogP) is 4.73. The molecule has 0 saturated carbocycles. The zero-order valence-electron chi connectivity index (χ0n) is 15.3. The van der Waals surface area contributed by atoms with Crippen LogP contribution in [0.4, 0.5) is 10.1 Å². The molecule has 0 aliphatic heterocycles. The van der Waals surface area contributed by atoms with Gasteiger partial charge in [0.1, 0.15) is 5.82 Å². The number of nitro benzene ring substituents is 1. The highest BCUT2D eigenvalue weighted by Crippen LogP contribution is 2.30. The highest BCUT2D eigenvalue weighted by atomic mass is 19.1. The largest absolute Gasteiger partial charge is 0.277 e. The minimum atomic E-state index is -0.450. The van der Waals surface area contributed by atoms with Gasteiger partial charge in [-0.2, -0.15) is 10.2 Å². The molecule has 5 rings (SSSR count). The van der Waals surface area contributed by atoms with Crippen LogP contribution in [-0.4, -0.2) is 30.3 Å². The molecule has 0 fully saturated rings. The van der Waals surface area contributed by atoms with Crippen LogP contribution in [0.2, 0.25) is 0 Å². The van der Waals surface area contributed by atoms with Crippen molar-refractivity contribution in [3.05, 3.63) is 82.7 Å². The molecule has 0 saturated heterocycles. The van der Waals surface area contributed by atoms with Gasteiger partial charge in [-0.05, 0) is 54.6 Å². The molecule has 0 bridgehead atoms. The Labute approximate surface area is 168 Å². The molecule has 0 unspecified atom stereocenters. The van der Waals surface area contributed by atoms with Crippen molar-refractivity contribution in [1.82, 2.24) is 25.4 Å². The van der Waals surface area contributed by atoms with Crippen molar-refractivity contribution in [3.8, 4) is 34.0 Å². The molecule has 0 amide bonds. The zero-order chi connectivity index (χ0) is 20.7. The van der Waals surface area contributed by atoms with Crippen molar-refractivity contribution in [1.29, 1.82) is 0 Å². The van der Waals surface area contributed by atoms with Crippen LogP contribution in [0.5, 0.6) is 0 Å². The van der Waals surface area contributed by atoms with Crippen LogP contribution in [0.1, 0.15) is 0 Å². The monoisotopic (exact) mass is 400 g/mol. The minimum absolute atomic E-state index is 0.0113. The maximum atomic E-state index is 13.2. The van der Waals surface area contributed by atoms with E-state index < -0.39 is 4.92 Å². The number of aromatic amines is 2. The van der Waals surface area contributed by atoms with Crippen LogP contribution in [0.15, 0.2) is 66.7 Å². The van der Waals surface area contributed by atoms with Crippen molar-refractivity contribution in [3.63, 3.8) is 0 Å². The summed E-state index contributed by atoms with van der Waals surface area (Å²) in [5, 5.41) is 26.1. The highest BCUT2D eigenvalue weighted by molar-refractivity contribution is 5.95. The second-order valence-electron chi connectivity index (χ2n) is 6.65. The van der Waals surface area contributed by atoms with Gasteiger partial charge in [-0.3, -0.25) is 20.3 Å². The van der Waals surface area contributed by atoms with E-state index in [0.29, 0.717) is 22.9 Å². The van der Waals surface area contributed by atoms with Crippen molar-refractivity contribution in [2.24, 2.45) is 0 Å². The number of fused-ring (bicyclic) bond motifs is 1. The van der Waals surface area contributed by atoms with E-state index in [-0.39, 0.29) is 11.5 Å². The van der Waals surface area contributed by atoms with Crippen LogP contribution in [-0.2, 0) is 0 Å². The van der Waals surface area contributed by atoms with E-state index in [4.69, 9.17) is 0 Å². The van der Waals surface area contributed by atoms with Gasteiger partial charge in [0.25, 0.3) is 5.69 Å². The molecular weight excluding hydrogens is 387 g/mol. The maximum Gasteiger partial charge on any atom is 0.269 e. The summed E-state index contributed by atoms with van der Waals surface area (Å²) in [6.07, 6.45) is 0. The van der Waals surface area contributed by atoms with E-state index in [9.17, 15) is 14.5 Å². The molecule has 2 N–H and O–H groups in total. The predicted molar refractivity (Wildman–Crippen MR) is 109 cm³/mol. The average Bonchev–Trinajstić information content (AvgIpc) is 3.41. The van der Waals surface area contributed by atoms with Crippen molar-refractivity contribution < 1.29 is 9.31 Å². The lowest BCUT2D eigenvalue weighted by atomic mass is 10.1. The molecule has 5 aromatic rings. The van der Waals surface area contributed by atoms with E-state index >= 15 is 0 Å². The van der Waals surface area contributed by atoms with E-state index in [0.717, 1.165) is 22.0 Å². The second-order valence-corrected chi connectivity index (χ2v) is 6.65. The smallest absolute Gasteiger partial charge is 0.269 e. The Bertz CT molecular complexity index is 1370. The van der Waals surface area contributed by atoms with Gasteiger partial charge in [0.15, 0.2) is 11.6 Å². The summed E-state index contributed by atoms with van der Waals surface area (Å²) in [6.45, 7) is 0. The number of benzene rings is 3. The number of nitro groups is 1. The number of nitrogens with one attached hydrogen (secondary N) is 2. The maximum absolute atomic E-state index is 13.2. The van der Waals surface area contributed by atoms with Gasteiger partial charge in [-0.1, -0.05) is 0 Å². The first-order chi connectivity index (χ1) is 14.6. The van der Waals surface area contributed by atoms with Crippen LogP contribution < -0.4 is 0 Å². The molecule has 146 valence electrons. The molecule has 8 nitrogen and oxygen atoms in total. The fourth-order valence-corrected chi connectivity index (χ4v) is 3.24. The summed E-state index contributed by atoms with van der Waals surface area (Å²) < 4.78 is 13.2. The molecule has 0 aliphatic rings. The summed E-state index contributed by atoms with van der Waals surface area (Å²) in [7, 11) is 0. The van der Waals surface area contributed by atoms with Gasteiger partial charge in [-0.15, -0.1) is 0 Å². The Morgan fingerprint density at radius 2 is 1.53 bits per heavy atom. The summed E-state index contributed by atoms with van der Waals surface area (Å²) in [6, 6.07) is 17.9. The van der Waals surface area contributed by atoms with Gasteiger partial charge in [0.05, 0.1) is 16.1 Å². The quantitative estimate of drug-likeness (QED) is 0.334. The van der Waals surface area contributed by atoms with Crippen LogP contribution in [0.25, 0.3) is 44.9 Å². The second kappa shape index (κ2) is 6.89. The molecule has 0 radical (unpaired) electrons. The summed E-state index contributed by atoms with van der Waals surface area (Å²) in [5.41, 5.74) is 3.81. The van der Waals surface area contributed by atoms with Crippen LogP contribution in [0.3, 0.4) is 0 Å². The van der Waals surface area contributed by atoms with Gasteiger partial charge in [-0.25, -0.2) is 9.37 Å². The number of hydrogen-bond acceptors (Lipinski definition) is 5. The van der Waals surface area contributed by atoms with Crippen molar-refractivity contribution in [2.45, 2.75) is 0 Å². The zero-order valence-corrected chi connectivity index (χ0v) is 15.3. The standard InChI is InChI=1S/C21H13FN6O2/c22-15-6-1-12(2-7-15)19-17-11-14(5-10-18(17)24-25-19)21-23-20(26-27-21)13-3-8-16(9-4-13)28(29)30/h1-11H,(H,24,25)(H,23,26,27).